The van der Waals surface area contributed by atoms with Crippen molar-refractivity contribution in [1.82, 2.24) is 10.2 Å². The highest BCUT2D eigenvalue weighted by atomic mass is 35.5. The van der Waals surface area contributed by atoms with Gasteiger partial charge in [-0.2, -0.15) is 0 Å². The number of methoxy groups -OCH3 is 1. The Kier molecular flexibility index (Phi) is 3.91. The molecule has 0 aliphatic heterocycles. The lowest BCUT2D eigenvalue weighted by Crippen LogP contribution is -1.90. The largest absolute Gasteiger partial charge is 0.497 e. The molecular formula is C16H16Cl2N2O2. The smallest absolute Gasteiger partial charge is 0.247 e. The Bertz CT molecular complexity index is 703. The molecule has 2 aromatic rings. The minimum atomic E-state index is 0.0126. The van der Waals surface area contributed by atoms with E-state index in [1.54, 1.807) is 7.11 Å². The summed E-state index contributed by atoms with van der Waals surface area (Å²) in [4.78, 5) is 0. The number of hydrogen-bond acceptors (Lipinski definition) is 4. The summed E-state index contributed by atoms with van der Waals surface area (Å²) >= 11 is 11.5. The zero-order valence-corrected chi connectivity index (χ0v) is 14.0. The van der Waals surface area contributed by atoms with Crippen LogP contribution in [0.3, 0.4) is 0 Å². The molecule has 1 heterocycles. The van der Waals surface area contributed by atoms with Crippen molar-refractivity contribution in [2.45, 2.75) is 19.8 Å². The van der Waals surface area contributed by atoms with Crippen LogP contribution < -0.4 is 4.74 Å². The molecular weight excluding hydrogens is 323 g/mol. The van der Waals surface area contributed by atoms with Gasteiger partial charge >= 0.3 is 0 Å². The SMILES string of the molecule is COc1ccc(-c2nnc([C@H]3[C@H](C=C(Cl)Cl)C3(C)C)o2)cc1. The quantitative estimate of drug-likeness (QED) is 0.802. The van der Waals surface area contributed by atoms with Crippen molar-refractivity contribution in [3.8, 4) is 17.2 Å². The summed E-state index contributed by atoms with van der Waals surface area (Å²) in [5.41, 5.74) is 0.874. The van der Waals surface area contributed by atoms with Gasteiger partial charge in [-0.3, -0.25) is 0 Å². The number of halogens is 2. The Morgan fingerprint density at radius 3 is 2.50 bits per heavy atom. The zero-order valence-electron chi connectivity index (χ0n) is 12.5. The van der Waals surface area contributed by atoms with Gasteiger partial charge in [-0.15, -0.1) is 10.2 Å². The number of ether oxygens (including phenoxy) is 1. The van der Waals surface area contributed by atoms with E-state index < -0.39 is 0 Å². The van der Waals surface area contributed by atoms with Crippen molar-refractivity contribution in [2.75, 3.05) is 7.11 Å². The number of allylic oxidation sites excluding steroid dienone is 1. The molecule has 22 heavy (non-hydrogen) atoms. The lowest BCUT2D eigenvalue weighted by atomic mass is 10.1. The van der Waals surface area contributed by atoms with Crippen LogP contribution in [0.4, 0.5) is 0 Å². The molecule has 0 unspecified atom stereocenters. The maximum atomic E-state index is 5.84. The summed E-state index contributed by atoms with van der Waals surface area (Å²) in [6.07, 6.45) is 1.84. The molecule has 116 valence electrons. The van der Waals surface area contributed by atoms with Gasteiger partial charge in [0.25, 0.3) is 0 Å². The lowest BCUT2D eigenvalue weighted by molar-refractivity contribution is 0.415. The first-order valence-corrected chi connectivity index (χ1v) is 7.69. The summed E-state index contributed by atoms with van der Waals surface area (Å²) < 4.78 is 11.2. The van der Waals surface area contributed by atoms with E-state index in [-0.39, 0.29) is 21.7 Å². The molecule has 2 atom stereocenters. The van der Waals surface area contributed by atoms with E-state index in [0.29, 0.717) is 11.8 Å². The maximum absolute atomic E-state index is 5.84. The van der Waals surface area contributed by atoms with Crippen LogP contribution in [0.1, 0.15) is 25.7 Å². The monoisotopic (exact) mass is 338 g/mol. The van der Waals surface area contributed by atoms with Gasteiger partial charge in [0.1, 0.15) is 10.2 Å². The third kappa shape index (κ3) is 2.73. The molecule has 0 N–H and O–H groups in total. The Labute approximate surface area is 139 Å². The highest BCUT2D eigenvalue weighted by Crippen LogP contribution is 2.65. The second kappa shape index (κ2) is 5.60. The lowest BCUT2D eigenvalue weighted by Gasteiger charge is -1.99. The van der Waals surface area contributed by atoms with Gasteiger partial charge < -0.3 is 9.15 Å². The van der Waals surface area contributed by atoms with E-state index in [0.717, 1.165) is 11.3 Å². The van der Waals surface area contributed by atoms with Crippen molar-refractivity contribution in [1.29, 1.82) is 0 Å². The summed E-state index contributed by atoms with van der Waals surface area (Å²) in [6, 6.07) is 7.50. The van der Waals surface area contributed by atoms with Gasteiger partial charge in [0, 0.05) is 11.5 Å². The van der Waals surface area contributed by atoms with Crippen LogP contribution in [0, 0.1) is 11.3 Å². The predicted molar refractivity (Wildman–Crippen MR) is 86.1 cm³/mol. The maximum Gasteiger partial charge on any atom is 0.247 e. The van der Waals surface area contributed by atoms with E-state index in [9.17, 15) is 0 Å². The molecule has 0 saturated heterocycles. The molecule has 1 aliphatic carbocycles. The molecule has 0 bridgehead atoms. The Morgan fingerprint density at radius 2 is 1.91 bits per heavy atom. The molecule has 1 aromatic carbocycles. The van der Waals surface area contributed by atoms with Gasteiger partial charge in [0.2, 0.25) is 11.8 Å². The Balaban J connectivity index is 1.84. The standard InChI is InChI=1S/C16H16Cl2N2O2/c1-16(2)11(8-12(17)18)13(16)15-20-19-14(22-15)9-4-6-10(21-3)7-5-9/h4-8,11,13H,1-3H3/t11-,13+/m0/s1. The van der Waals surface area contributed by atoms with Gasteiger partial charge in [-0.05, 0) is 41.7 Å². The minimum absolute atomic E-state index is 0.0126. The summed E-state index contributed by atoms with van der Waals surface area (Å²) in [5.74, 6) is 2.25. The molecule has 4 nitrogen and oxygen atoms in total. The van der Waals surface area contributed by atoms with Crippen LogP contribution >= 0.6 is 23.2 Å². The first-order valence-electron chi connectivity index (χ1n) is 6.94. The second-order valence-corrected chi connectivity index (χ2v) is 6.96. The van der Waals surface area contributed by atoms with Crippen LogP contribution in [0.15, 0.2) is 39.3 Å². The number of benzene rings is 1. The highest BCUT2D eigenvalue weighted by molar-refractivity contribution is 6.55. The van der Waals surface area contributed by atoms with Crippen molar-refractivity contribution in [3.05, 3.63) is 40.7 Å². The van der Waals surface area contributed by atoms with Gasteiger partial charge in [-0.25, -0.2) is 0 Å². The normalized spacial score (nSPS) is 22.2. The number of nitrogens with zero attached hydrogens (tertiary/aromatic N) is 2. The molecule has 0 spiro atoms. The average molecular weight is 339 g/mol. The third-order valence-electron chi connectivity index (χ3n) is 4.26. The molecule has 6 heteroatoms. The fourth-order valence-electron chi connectivity index (χ4n) is 2.81. The van der Waals surface area contributed by atoms with Crippen LogP contribution in [0.2, 0.25) is 0 Å². The fraction of sp³-hybridized carbons (Fsp3) is 0.375. The second-order valence-electron chi connectivity index (χ2n) is 5.96. The molecule has 0 amide bonds. The Hall–Kier alpha value is -1.52. The number of hydrogen-bond donors (Lipinski definition) is 0. The van der Waals surface area contributed by atoms with Crippen molar-refractivity contribution >= 4 is 23.2 Å². The Morgan fingerprint density at radius 1 is 1.23 bits per heavy atom. The molecule has 1 fully saturated rings. The first kappa shape index (κ1) is 15.4. The van der Waals surface area contributed by atoms with E-state index in [1.165, 1.54) is 0 Å². The molecule has 0 radical (unpaired) electrons. The van der Waals surface area contributed by atoms with Crippen molar-refractivity contribution in [3.63, 3.8) is 0 Å². The van der Waals surface area contributed by atoms with Gasteiger partial charge in [0.15, 0.2) is 0 Å². The van der Waals surface area contributed by atoms with Crippen LogP contribution in [-0.4, -0.2) is 17.3 Å². The van der Waals surface area contributed by atoms with Crippen LogP contribution in [0.25, 0.3) is 11.5 Å². The number of rotatable bonds is 4. The average Bonchev–Trinajstić information content (AvgIpc) is 2.86. The van der Waals surface area contributed by atoms with E-state index >= 15 is 0 Å². The van der Waals surface area contributed by atoms with Crippen molar-refractivity contribution in [2.24, 2.45) is 11.3 Å². The fourth-order valence-corrected chi connectivity index (χ4v) is 3.08. The molecule has 3 rings (SSSR count). The third-order valence-corrected chi connectivity index (χ3v) is 4.51. The summed E-state index contributed by atoms with van der Waals surface area (Å²) in [6.45, 7) is 4.26. The topological polar surface area (TPSA) is 48.2 Å². The first-order chi connectivity index (χ1) is 10.4. The molecule has 1 aromatic heterocycles. The summed E-state index contributed by atoms with van der Waals surface area (Å²) in [7, 11) is 1.63. The van der Waals surface area contributed by atoms with Crippen LogP contribution in [0.5, 0.6) is 5.75 Å². The van der Waals surface area contributed by atoms with E-state index in [2.05, 4.69) is 24.0 Å². The minimum Gasteiger partial charge on any atom is -0.497 e. The highest BCUT2D eigenvalue weighted by Gasteiger charge is 2.60. The zero-order chi connectivity index (χ0) is 15.9. The number of aromatic nitrogens is 2. The summed E-state index contributed by atoms with van der Waals surface area (Å²) in [5, 5.41) is 8.33. The van der Waals surface area contributed by atoms with E-state index in [4.69, 9.17) is 32.4 Å². The van der Waals surface area contributed by atoms with E-state index in [1.807, 2.05) is 30.3 Å². The van der Waals surface area contributed by atoms with Gasteiger partial charge in [-0.1, -0.05) is 37.0 Å². The molecule has 1 aliphatic rings. The van der Waals surface area contributed by atoms with Crippen LogP contribution in [-0.2, 0) is 0 Å². The molecule has 1 saturated carbocycles. The predicted octanol–water partition coefficient (Wildman–Crippen LogP) is 4.80. The van der Waals surface area contributed by atoms with Gasteiger partial charge in [0.05, 0.1) is 7.11 Å². The van der Waals surface area contributed by atoms with Crippen molar-refractivity contribution < 1.29 is 9.15 Å².